The maximum absolute atomic E-state index is 5.83. The van der Waals surface area contributed by atoms with Gasteiger partial charge >= 0.3 is 0 Å². The largest absolute Gasteiger partial charge is 0.419 e. The number of nitrogens with zero attached hydrogens (tertiary/aromatic N) is 4. The van der Waals surface area contributed by atoms with Crippen molar-refractivity contribution in [2.24, 2.45) is 0 Å². The lowest BCUT2D eigenvalue weighted by Gasteiger charge is -2.05. The van der Waals surface area contributed by atoms with Gasteiger partial charge < -0.3 is 9.73 Å². The van der Waals surface area contributed by atoms with E-state index < -0.39 is 0 Å². The molecule has 4 aromatic rings. The molecule has 0 spiro atoms. The van der Waals surface area contributed by atoms with Crippen LogP contribution in [0.2, 0.25) is 0 Å². The molecule has 0 saturated carbocycles. The van der Waals surface area contributed by atoms with Crippen LogP contribution in [0.5, 0.6) is 0 Å². The number of nitrogens with one attached hydrogen (secondary N) is 1. The third-order valence-electron chi connectivity index (χ3n) is 4.25. The molecule has 0 fully saturated rings. The van der Waals surface area contributed by atoms with Crippen molar-refractivity contribution in [3.05, 3.63) is 65.5 Å². The molecule has 2 aromatic carbocycles. The third-order valence-corrected chi connectivity index (χ3v) is 6.26. The first kappa shape index (κ1) is 18.6. The van der Waals surface area contributed by atoms with Crippen LogP contribution in [0.25, 0.3) is 11.5 Å². The van der Waals surface area contributed by atoms with Crippen molar-refractivity contribution < 1.29 is 4.42 Å². The minimum atomic E-state index is -0.0209. The van der Waals surface area contributed by atoms with E-state index in [1.165, 1.54) is 22.5 Å². The van der Waals surface area contributed by atoms with Gasteiger partial charge in [-0.15, -0.1) is 20.4 Å². The summed E-state index contributed by atoms with van der Waals surface area (Å²) in [5.41, 5.74) is 4.42. The lowest BCUT2D eigenvalue weighted by atomic mass is 10.1. The van der Waals surface area contributed by atoms with Gasteiger partial charge in [-0.3, -0.25) is 0 Å². The van der Waals surface area contributed by atoms with Gasteiger partial charge in [-0.1, -0.05) is 47.4 Å². The van der Waals surface area contributed by atoms with Gasteiger partial charge in [0.1, 0.15) is 0 Å². The van der Waals surface area contributed by atoms with Crippen molar-refractivity contribution in [2.75, 3.05) is 5.32 Å². The molecule has 142 valence electrons. The average molecular weight is 410 g/mol. The molecule has 8 heteroatoms. The van der Waals surface area contributed by atoms with Gasteiger partial charge in [0.05, 0.1) is 5.25 Å². The molecular formula is C20H19N5OS2. The summed E-state index contributed by atoms with van der Waals surface area (Å²) in [6.07, 6.45) is 0. The normalized spacial score (nSPS) is 12.1. The highest BCUT2D eigenvalue weighted by Crippen LogP contribution is 2.38. The number of hydrogen-bond acceptors (Lipinski definition) is 8. The van der Waals surface area contributed by atoms with E-state index in [9.17, 15) is 0 Å². The highest BCUT2D eigenvalue weighted by atomic mass is 32.2. The van der Waals surface area contributed by atoms with Crippen molar-refractivity contribution >= 4 is 33.9 Å². The zero-order valence-corrected chi connectivity index (χ0v) is 17.3. The molecule has 0 aliphatic rings. The van der Waals surface area contributed by atoms with Crippen molar-refractivity contribution in [1.29, 1.82) is 0 Å². The van der Waals surface area contributed by atoms with Crippen LogP contribution in [0, 0.1) is 13.8 Å². The fraction of sp³-hybridized carbons (Fsp3) is 0.200. The van der Waals surface area contributed by atoms with Crippen LogP contribution in [0.15, 0.2) is 57.3 Å². The molecular weight excluding hydrogens is 390 g/mol. The third kappa shape index (κ3) is 4.23. The molecule has 0 bridgehead atoms. The molecule has 2 aromatic heterocycles. The van der Waals surface area contributed by atoms with Crippen molar-refractivity contribution in [2.45, 2.75) is 30.4 Å². The van der Waals surface area contributed by atoms with Gasteiger partial charge in [0.25, 0.3) is 0 Å². The van der Waals surface area contributed by atoms with E-state index in [1.54, 1.807) is 11.8 Å². The Morgan fingerprint density at radius 3 is 2.57 bits per heavy atom. The number of anilines is 2. The van der Waals surface area contributed by atoms with Crippen molar-refractivity contribution in [1.82, 2.24) is 20.4 Å². The SMILES string of the molecule is Cc1ccc(Nc2nnc(S[C@H](C)c3nnc(-c4ccccc4)o3)s2)cc1C. The van der Waals surface area contributed by atoms with Crippen molar-refractivity contribution in [3.63, 3.8) is 0 Å². The van der Waals surface area contributed by atoms with Crippen LogP contribution in [-0.2, 0) is 0 Å². The number of aromatic nitrogens is 4. The van der Waals surface area contributed by atoms with Crippen LogP contribution in [0.3, 0.4) is 0 Å². The molecule has 0 aliphatic carbocycles. The average Bonchev–Trinajstić information content (AvgIpc) is 3.35. The Hall–Kier alpha value is -2.71. The molecule has 0 radical (unpaired) electrons. The van der Waals surface area contributed by atoms with E-state index >= 15 is 0 Å². The van der Waals surface area contributed by atoms with E-state index in [0.717, 1.165) is 20.7 Å². The Morgan fingerprint density at radius 2 is 1.79 bits per heavy atom. The summed E-state index contributed by atoms with van der Waals surface area (Å²) >= 11 is 3.05. The predicted octanol–water partition coefficient (Wildman–Crippen LogP) is 5.80. The van der Waals surface area contributed by atoms with Gasteiger partial charge in [0, 0.05) is 11.3 Å². The van der Waals surface area contributed by atoms with Crippen molar-refractivity contribution in [3.8, 4) is 11.5 Å². The summed E-state index contributed by atoms with van der Waals surface area (Å²) in [5.74, 6) is 1.10. The minimum Gasteiger partial charge on any atom is -0.419 e. The van der Waals surface area contributed by atoms with Gasteiger partial charge in [-0.25, -0.2) is 0 Å². The summed E-state index contributed by atoms with van der Waals surface area (Å²) in [7, 11) is 0. The first-order chi connectivity index (χ1) is 13.6. The second-order valence-corrected chi connectivity index (χ2v) is 8.93. The summed E-state index contributed by atoms with van der Waals surface area (Å²) in [5, 5.41) is 20.9. The molecule has 1 N–H and O–H groups in total. The number of benzene rings is 2. The Morgan fingerprint density at radius 1 is 0.964 bits per heavy atom. The van der Waals surface area contributed by atoms with Gasteiger partial charge in [-0.05, 0) is 56.2 Å². The van der Waals surface area contributed by atoms with E-state index in [0.29, 0.717) is 11.8 Å². The Bertz CT molecular complexity index is 1080. The first-order valence-corrected chi connectivity index (χ1v) is 10.5. The van der Waals surface area contributed by atoms with Crippen LogP contribution in [0.1, 0.15) is 29.2 Å². The standard InChI is InChI=1S/C20H19N5OS2/c1-12-9-10-16(11-13(12)2)21-19-24-25-20(28-19)27-14(3)17-22-23-18(26-17)15-7-5-4-6-8-15/h4-11,14H,1-3H3,(H,21,24)/t14-/m1/s1. The quantitative estimate of drug-likeness (QED) is 0.403. The minimum absolute atomic E-state index is 0.0209. The summed E-state index contributed by atoms with van der Waals surface area (Å²) < 4.78 is 6.67. The van der Waals surface area contributed by atoms with Crippen LogP contribution < -0.4 is 5.32 Å². The highest BCUT2D eigenvalue weighted by molar-refractivity contribution is 8.01. The molecule has 4 rings (SSSR count). The van der Waals surface area contributed by atoms with Gasteiger partial charge in [0.2, 0.25) is 16.9 Å². The molecule has 2 heterocycles. The predicted molar refractivity (Wildman–Crippen MR) is 113 cm³/mol. The first-order valence-electron chi connectivity index (χ1n) is 8.82. The lowest BCUT2D eigenvalue weighted by Crippen LogP contribution is -1.91. The van der Waals surface area contributed by atoms with E-state index in [2.05, 4.69) is 51.7 Å². The van der Waals surface area contributed by atoms with E-state index in [-0.39, 0.29) is 5.25 Å². The molecule has 28 heavy (non-hydrogen) atoms. The molecule has 6 nitrogen and oxygen atoms in total. The monoisotopic (exact) mass is 409 g/mol. The second kappa shape index (κ2) is 8.12. The smallest absolute Gasteiger partial charge is 0.247 e. The maximum atomic E-state index is 5.83. The Balaban J connectivity index is 1.42. The van der Waals surface area contributed by atoms with Gasteiger partial charge in [-0.2, -0.15) is 0 Å². The highest BCUT2D eigenvalue weighted by Gasteiger charge is 2.18. The molecule has 0 aliphatic heterocycles. The van der Waals surface area contributed by atoms with Crippen LogP contribution >= 0.6 is 23.1 Å². The number of rotatable bonds is 6. The molecule has 0 amide bonds. The zero-order chi connectivity index (χ0) is 19.5. The van der Waals surface area contributed by atoms with Crippen LogP contribution in [0.4, 0.5) is 10.8 Å². The van der Waals surface area contributed by atoms with Crippen LogP contribution in [-0.4, -0.2) is 20.4 Å². The Labute approximate surface area is 171 Å². The number of thioether (sulfide) groups is 1. The number of hydrogen-bond donors (Lipinski definition) is 1. The lowest BCUT2D eigenvalue weighted by molar-refractivity contribution is 0.509. The fourth-order valence-electron chi connectivity index (χ4n) is 2.55. The molecule has 0 unspecified atom stereocenters. The zero-order valence-electron chi connectivity index (χ0n) is 15.7. The Kier molecular flexibility index (Phi) is 5.40. The number of aryl methyl sites for hydroxylation is 2. The summed E-state index contributed by atoms with van der Waals surface area (Å²) in [6.45, 7) is 6.21. The summed E-state index contributed by atoms with van der Waals surface area (Å²) in [6, 6.07) is 16.0. The topological polar surface area (TPSA) is 76.7 Å². The van der Waals surface area contributed by atoms with Gasteiger partial charge in [0.15, 0.2) is 4.34 Å². The maximum Gasteiger partial charge on any atom is 0.247 e. The second-order valence-electron chi connectivity index (χ2n) is 6.37. The molecule has 0 saturated heterocycles. The van der Waals surface area contributed by atoms with E-state index in [4.69, 9.17) is 4.42 Å². The fourth-order valence-corrected chi connectivity index (χ4v) is 4.49. The van der Waals surface area contributed by atoms with E-state index in [1.807, 2.05) is 43.3 Å². The summed E-state index contributed by atoms with van der Waals surface area (Å²) in [4.78, 5) is 0. The molecule has 1 atom stereocenters.